The first-order valence-electron chi connectivity index (χ1n) is 12.3. The molecule has 2 amide bonds. The number of hydrogen-bond donors (Lipinski definition) is 1. The lowest BCUT2D eigenvalue weighted by Crippen LogP contribution is -2.45. The number of nitrogens with zero attached hydrogens (tertiary/aromatic N) is 5. The Morgan fingerprint density at radius 2 is 1.88 bits per heavy atom. The van der Waals surface area contributed by atoms with E-state index in [2.05, 4.69) is 10.2 Å². The predicted molar refractivity (Wildman–Crippen MR) is 124 cm³/mol. The fourth-order valence-corrected chi connectivity index (χ4v) is 5.46. The van der Waals surface area contributed by atoms with Gasteiger partial charge in [-0.25, -0.2) is 9.97 Å². The molecule has 8 heteroatoms. The maximum Gasteiger partial charge on any atom is 0.236 e. The zero-order chi connectivity index (χ0) is 22.7. The van der Waals surface area contributed by atoms with E-state index in [0.29, 0.717) is 25.7 Å². The molecule has 0 radical (unpaired) electrons. The van der Waals surface area contributed by atoms with Crippen LogP contribution < -0.4 is 5.32 Å². The van der Waals surface area contributed by atoms with Gasteiger partial charge in [0.25, 0.3) is 0 Å². The maximum absolute atomic E-state index is 12.9. The second-order valence-corrected chi connectivity index (χ2v) is 9.67. The number of likely N-dealkylation sites (tertiary alicyclic amines) is 1. The highest BCUT2D eigenvalue weighted by atomic mass is 16.2. The lowest BCUT2D eigenvalue weighted by Gasteiger charge is -2.35. The van der Waals surface area contributed by atoms with Crippen LogP contribution in [0.25, 0.3) is 0 Å². The molecule has 0 spiro atoms. The van der Waals surface area contributed by atoms with Gasteiger partial charge in [-0.3, -0.25) is 14.5 Å². The van der Waals surface area contributed by atoms with Gasteiger partial charge in [0.2, 0.25) is 11.8 Å². The van der Waals surface area contributed by atoms with Gasteiger partial charge in [-0.2, -0.15) is 0 Å². The Morgan fingerprint density at radius 1 is 1.09 bits per heavy atom. The van der Waals surface area contributed by atoms with Crippen molar-refractivity contribution in [1.82, 2.24) is 24.7 Å². The summed E-state index contributed by atoms with van der Waals surface area (Å²) in [6.07, 6.45) is 8.85. The predicted octanol–water partition coefficient (Wildman–Crippen LogP) is 2.39. The Kier molecular flexibility index (Phi) is 7.28. The molecule has 3 heterocycles. The lowest BCUT2D eigenvalue weighted by atomic mass is 9.94. The number of likely N-dealkylation sites (N-methyl/N-ethyl adjacent to an activating group) is 1. The summed E-state index contributed by atoms with van der Waals surface area (Å²) in [6, 6.07) is 0.400. The van der Waals surface area contributed by atoms with E-state index in [9.17, 15) is 9.59 Å². The minimum atomic E-state index is 0.125. The fourth-order valence-electron chi connectivity index (χ4n) is 5.46. The van der Waals surface area contributed by atoms with Gasteiger partial charge >= 0.3 is 0 Å². The minimum absolute atomic E-state index is 0.125. The molecule has 176 valence electrons. The number of amides is 2. The van der Waals surface area contributed by atoms with Crippen molar-refractivity contribution >= 4 is 17.6 Å². The van der Waals surface area contributed by atoms with Crippen molar-refractivity contribution in [2.45, 2.75) is 76.8 Å². The number of carbonyl (C=O) groups excluding carboxylic acids is 2. The number of aromatic nitrogens is 2. The van der Waals surface area contributed by atoms with Crippen molar-refractivity contribution in [2.75, 3.05) is 45.6 Å². The summed E-state index contributed by atoms with van der Waals surface area (Å²) in [5.74, 6) is 2.24. The monoisotopic (exact) mass is 442 g/mol. The van der Waals surface area contributed by atoms with Crippen LogP contribution in [0, 0.1) is 0 Å². The zero-order valence-electron chi connectivity index (χ0n) is 19.9. The van der Waals surface area contributed by atoms with Crippen LogP contribution >= 0.6 is 0 Å². The highest BCUT2D eigenvalue weighted by Crippen LogP contribution is 2.30. The van der Waals surface area contributed by atoms with Crippen LogP contribution in [0.2, 0.25) is 0 Å². The Balaban J connectivity index is 1.44. The molecule has 0 aromatic carbocycles. The summed E-state index contributed by atoms with van der Waals surface area (Å²) in [5, 5.41) is 3.26. The molecule has 1 aliphatic carbocycles. The molecule has 1 saturated carbocycles. The van der Waals surface area contributed by atoms with E-state index in [4.69, 9.17) is 9.97 Å². The molecule has 32 heavy (non-hydrogen) atoms. The number of rotatable bonds is 5. The van der Waals surface area contributed by atoms with Crippen LogP contribution in [0.15, 0.2) is 0 Å². The third-order valence-electron chi connectivity index (χ3n) is 7.50. The van der Waals surface area contributed by atoms with Crippen LogP contribution in [0.1, 0.15) is 74.9 Å². The van der Waals surface area contributed by atoms with Gasteiger partial charge in [-0.05, 0) is 25.7 Å². The van der Waals surface area contributed by atoms with Crippen LogP contribution in [-0.4, -0.2) is 82.8 Å². The van der Waals surface area contributed by atoms with E-state index < -0.39 is 0 Å². The molecule has 3 aliphatic rings. The van der Waals surface area contributed by atoms with Gasteiger partial charge in [0.15, 0.2) is 0 Å². The third kappa shape index (κ3) is 5.05. The fraction of sp³-hybridized carbons (Fsp3) is 0.750. The van der Waals surface area contributed by atoms with Crippen LogP contribution in [0.4, 0.5) is 5.82 Å². The molecular formula is C24H38N6O2. The second-order valence-electron chi connectivity index (χ2n) is 9.67. The molecule has 0 bridgehead atoms. The topological polar surface area (TPSA) is 81.7 Å². The summed E-state index contributed by atoms with van der Waals surface area (Å²) in [7, 11) is 3.87. The standard InChI is InChI=1S/C24H38N6O2/c1-17(31)30-12-7-8-18(14-30)23-26-21-11-13-29(15-20(21)24(25-2)27-23)16-22(32)28(3)19-9-5-4-6-10-19/h18-19H,4-16H2,1-3H3,(H,25,26,27)/t18-/m0/s1. The van der Waals surface area contributed by atoms with E-state index >= 15 is 0 Å². The molecule has 0 unspecified atom stereocenters. The largest absolute Gasteiger partial charge is 0.373 e. The van der Waals surface area contributed by atoms with Gasteiger partial charge < -0.3 is 15.1 Å². The van der Waals surface area contributed by atoms with E-state index in [-0.39, 0.29) is 17.7 Å². The lowest BCUT2D eigenvalue weighted by molar-refractivity contribution is -0.134. The number of nitrogens with one attached hydrogen (secondary N) is 1. The number of piperidine rings is 1. The highest BCUT2D eigenvalue weighted by Gasteiger charge is 2.30. The smallest absolute Gasteiger partial charge is 0.236 e. The molecule has 1 aromatic rings. The van der Waals surface area contributed by atoms with E-state index in [0.717, 1.165) is 68.1 Å². The quantitative estimate of drug-likeness (QED) is 0.754. The average molecular weight is 443 g/mol. The summed E-state index contributed by atoms with van der Waals surface area (Å²) in [5.41, 5.74) is 2.19. The summed E-state index contributed by atoms with van der Waals surface area (Å²) < 4.78 is 0. The van der Waals surface area contributed by atoms with Crippen molar-refractivity contribution in [3.8, 4) is 0 Å². The molecule has 1 saturated heterocycles. The van der Waals surface area contributed by atoms with Crippen molar-refractivity contribution in [2.24, 2.45) is 0 Å². The van der Waals surface area contributed by atoms with Gasteiger partial charge in [0.1, 0.15) is 11.6 Å². The Hall–Kier alpha value is -2.22. The normalized spacial score (nSPS) is 22.3. The first-order chi connectivity index (χ1) is 15.5. The molecule has 2 fully saturated rings. The van der Waals surface area contributed by atoms with Crippen LogP contribution in [-0.2, 0) is 22.6 Å². The molecule has 1 atom stereocenters. The van der Waals surface area contributed by atoms with Crippen LogP contribution in [0.3, 0.4) is 0 Å². The zero-order valence-corrected chi connectivity index (χ0v) is 19.9. The Bertz CT molecular complexity index is 821. The maximum atomic E-state index is 12.9. The molecule has 1 N–H and O–H groups in total. The Labute approximate surface area is 191 Å². The van der Waals surface area contributed by atoms with E-state index in [1.165, 1.54) is 19.3 Å². The van der Waals surface area contributed by atoms with E-state index in [1.807, 2.05) is 23.9 Å². The minimum Gasteiger partial charge on any atom is -0.373 e. The van der Waals surface area contributed by atoms with Crippen LogP contribution in [0.5, 0.6) is 0 Å². The first-order valence-corrected chi connectivity index (χ1v) is 12.3. The van der Waals surface area contributed by atoms with Crippen molar-refractivity contribution < 1.29 is 9.59 Å². The van der Waals surface area contributed by atoms with Gasteiger partial charge in [-0.15, -0.1) is 0 Å². The molecule has 8 nitrogen and oxygen atoms in total. The molecule has 4 rings (SSSR count). The number of anilines is 1. The Morgan fingerprint density at radius 3 is 2.59 bits per heavy atom. The SMILES string of the molecule is CNc1nc([C@H]2CCCN(C(C)=O)C2)nc2c1CN(CC(=O)N(C)C1CCCCC1)CC2. The summed E-state index contributed by atoms with van der Waals surface area (Å²) >= 11 is 0. The van der Waals surface area contributed by atoms with Crippen molar-refractivity contribution in [3.05, 3.63) is 17.1 Å². The molecule has 2 aliphatic heterocycles. The summed E-state index contributed by atoms with van der Waals surface area (Å²) in [6.45, 7) is 5.14. The average Bonchev–Trinajstić information content (AvgIpc) is 2.83. The number of fused-ring (bicyclic) bond motifs is 1. The molecule has 1 aromatic heterocycles. The third-order valence-corrected chi connectivity index (χ3v) is 7.50. The van der Waals surface area contributed by atoms with Gasteiger partial charge in [0, 0.05) is 71.1 Å². The number of carbonyl (C=O) groups is 2. The van der Waals surface area contributed by atoms with Crippen molar-refractivity contribution in [3.63, 3.8) is 0 Å². The van der Waals surface area contributed by atoms with Gasteiger partial charge in [0.05, 0.1) is 12.2 Å². The summed E-state index contributed by atoms with van der Waals surface area (Å²) in [4.78, 5) is 40.7. The number of hydrogen-bond acceptors (Lipinski definition) is 6. The second kappa shape index (κ2) is 10.1. The van der Waals surface area contributed by atoms with Gasteiger partial charge in [-0.1, -0.05) is 19.3 Å². The molecular weight excluding hydrogens is 404 g/mol. The first kappa shape index (κ1) is 23.0. The highest BCUT2D eigenvalue weighted by molar-refractivity contribution is 5.78. The van der Waals surface area contributed by atoms with Crippen molar-refractivity contribution in [1.29, 1.82) is 0 Å². The van der Waals surface area contributed by atoms with E-state index in [1.54, 1.807) is 6.92 Å².